The molecule has 1 aromatic rings. The zero-order chi connectivity index (χ0) is 24.0. The van der Waals surface area contributed by atoms with Crippen molar-refractivity contribution in [1.29, 1.82) is 0 Å². The van der Waals surface area contributed by atoms with Gasteiger partial charge in [-0.2, -0.15) is 0 Å². The monoisotopic (exact) mass is 506 g/mol. The van der Waals surface area contributed by atoms with Crippen LogP contribution in [0.2, 0.25) is 5.02 Å². The Morgan fingerprint density at radius 2 is 1.31 bits per heavy atom. The smallest absolute Gasteiger partial charge is 0.270 e. The molecule has 2 spiro atoms. The number of carbonyl (C=O) groups is 2. The van der Waals surface area contributed by atoms with Gasteiger partial charge in [0.2, 0.25) is 0 Å². The van der Waals surface area contributed by atoms with Crippen LogP contribution in [0.1, 0.15) is 74.6 Å². The quantitative estimate of drug-likeness (QED) is 0.593. The lowest BCUT2D eigenvalue weighted by Crippen LogP contribution is -2.61. The minimum atomic E-state index is -1.02. The molecule has 3 heterocycles. The van der Waals surface area contributed by atoms with E-state index in [4.69, 9.17) is 35.3 Å². The Morgan fingerprint density at radius 1 is 0.743 bits per heavy atom. The van der Waals surface area contributed by atoms with E-state index in [-0.39, 0.29) is 0 Å². The van der Waals surface area contributed by atoms with E-state index in [1.165, 1.54) is 0 Å². The van der Waals surface area contributed by atoms with Gasteiger partial charge in [0, 0.05) is 36.3 Å². The van der Waals surface area contributed by atoms with Gasteiger partial charge in [0.1, 0.15) is 18.3 Å². The molecule has 5 fully saturated rings. The number of fused-ring (bicyclic) bond motifs is 3. The Bertz CT molecular complexity index is 961. The molecule has 190 valence electrons. The van der Waals surface area contributed by atoms with Crippen molar-refractivity contribution in [2.45, 2.75) is 106 Å². The number of nitrogens with one attached hydrogen (secondary N) is 2. The largest absolute Gasteiger partial charge is 0.341 e. The van der Waals surface area contributed by atoms with Crippen molar-refractivity contribution in [2.75, 3.05) is 0 Å². The van der Waals surface area contributed by atoms with E-state index < -0.39 is 54.1 Å². The summed E-state index contributed by atoms with van der Waals surface area (Å²) < 4.78 is 31.9. The number of carbonyl (C=O) groups excluding carboxylic acids is 2. The summed E-state index contributed by atoms with van der Waals surface area (Å²) in [7, 11) is 0. The second-order valence-corrected chi connectivity index (χ2v) is 10.6. The molecule has 1 unspecified atom stereocenters. The van der Waals surface area contributed by atoms with Crippen LogP contribution in [0.25, 0.3) is 0 Å². The topological polar surface area (TPSA) is 104 Å². The molecule has 9 nitrogen and oxygen atoms in total. The highest BCUT2D eigenvalue weighted by molar-refractivity contribution is 6.30. The number of halogens is 1. The maximum absolute atomic E-state index is 13.3. The SMILES string of the molecule is O=C(NNC(=O)C1O[C@@H]2OC3(CCCCC3)O[C@@H]2[C@H]2OC3(CCCCC3)O[C@@H]12)c1ccc(Cl)cc1. The van der Waals surface area contributed by atoms with Crippen LogP contribution in [0.15, 0.2) is 24.3 Å². The molecule has 5 atom stereocenters. The van der Waals surface area contributed by atoms with Gasteiger partial charge in [0.15, 0.2) is 24.0 Å². The molecule has 10 heteroatoms. The molecule has 0 aromatic heterocycles. The first-order valence-corrected chi connectivity index (χ1v) is 13.1. The Kier molecular flexibility index (Phi) is 6.27. The third-order valence-electron chi connectivity index (χ3n) is 7.77. The maximum Gasteiger partial charge on any atom is 0.270 e. The van der Waals surface area contributed by atoms with Crippen molar-refractivity contribution >= 4 is 23.4 Å². The van der Waals surface area contributed by atoms with Gasteiger partial charge in [-0.05, 0) is 49.9 Å². The molecule has 3 saturated heterocycles. The fourth-order valence-electron chi connectivity index (χ4n) is 6.03. The molecule has 2 amide bonds. The third-order valence-corrected chi connectivity index (χ3v) is 8.03. The lowest BCUT2D eigenvalue weighted by Gasteiger charge is -2.36. The minimum Gasteiger partial charge on any atom is -0.341 e. The highest BCUT2D eigenvalue weighted by Crippen LogP contribution is 2.50. The second-order valence-electron chi connectivity index (χ2n) is 10.2. The molecule has 5 aliphatic rings. The number of hydrazine groups is 1. The normalized spacial score (nSPS) is 34.8. The highest BCUT2D eigenvalue weighted by Gasteiger charge is 2.65. The van der Waals surface area contributed by atoms with E-state index in [1.54, 1.807) is 24.3 Å². The first-order chi connectivity index (χ1) is 17.0. The Hall–Kier alpha value is -1.75. The number of hydrogen-bond acceptors (Lipinski definition) is 7. The van der Waals surface area contributed by atoms with Crippen LogP contribution in [-0.4, -0.2) is 54.1 Å². The molecule has 0 radical (unpaired) electrons. The maximum atomic E-state index is 13.3. The number of amides is 2. The molecule has 2 saturated carbocycles. The number of rotatable bonds is 2. The molecule has 2 aliphatic carbocycles. The number of hydrogen-bond donors (Lipinski definition) is 2. The van der Waals surface area contributed by atoms with Gasteiger partial charge in [-0.15, -0.1) is 0 Å². The van der Waals surface area contributed by atoms with Gasteiger partial charge in [-0.1, -0.05) is 24.4 Å². The highest BCUT2D eigenvalue weighted by atomic mass is 35.5. The first-order valence-electron chi connectivity index (χ1n) is 12.7. The van der Waals surface area contributed by atoms with Crippen LogP contribution in [0.5, 0.6) is 0 Å². The van der Waals surface area contributed by atoms with Crippen molar-refractivity contribution in [1.82, 2.24) is 10.9 Å². The molecule has 6 rings (SSSR count). The average molecular weight is 507 g/mol. The van der Waals surface area contributed by atoms with E-state index >= 15 is 0 Å². The zero-order valence-electron chi connectivity index (χ0n) is 19.5. The van der Waals surface area contributed by atoms with E-state index in [0.29, 0.717) is 10.6 Å². The van der Waals surface area contributed by atoms with Crippen molar-refractivity contribution < 1.29 is 33.3 Å². The van der Waals surface area contributed by atoms with Gasteiger partial charge in [0.05, 0.1) is 0 Å². The fourth-order valence-corrected chi connectivity index (χ4v) is 6.16. The van der Waals surface area contributed by atoms with E-state index in [9.17, 15) is 9.59 Å². The Balaban J connectivity index is 1.19. The van der Waals surface area contributed by atoms with Crippen LogP contribution in [0.3, 0.4) is 0 Å². The molecule has 0 bridgehead atoms. The fraction of sp³-hybridized carbons (Fsp3) is 0.680. The van der Waals surface area contributed by atoms with Crippen molar-refractivity contribution in [2.24, 2.45) is 0 Å². The Morgan fingerprint density at radius 3 is 1.97 bits per heavy atom. The lowest BCUT2D eigenvalue weighted by molar-refractivity contribution is -0.247. The van der Waals surface area contributed by atoms with Crippen molar-refractivity contribution in [3.63, 3.8) is 0 Å². The van der Waals surface area contributed by atoms with Crippen molar-refractivity contribution in [3.05, 3.63) is 34.9 Å². The van der Waals surface area contributed by atoms with Crippen LogP contribution in [0.4, 0.5) is 0 Å². The zero-order valence-corrected chi connectivity index (χ0v) is 20.3. The number of benzene rings is 1. The molecular weight excluding hydrogens is 476 g/mol. The standard InChI is InChI=1S/C25H31ClN2O7/c26-16-9-7-15(8-10-16)21(29)27-28-22(30)19-17-18(33-24(32-17)11-3-1-4-12-24)20-23(31-19)35-25(34-20)13-5-2-6-14-25/h7-10,17-20,23H,1-6,11-14H2,(H,27,29)(H,28,30)/t17-,18+,19?,20-,23-/m1/s1. The van der Waals surface area contributed by atoms with Gasteiger partial charge in [-0.3, -0.25) is 20.4 Å². The third kappa shape index (κ3) is 4.47. The summed E-state index contributed by atoms with van der Waals surface area (Å²) >= 11 is 5.89. The lowest BCUT2D eigenvalue weighted by atomic mass is 9.94. The molecule has 1 aromatic carbocycles. The van der Waals surface area contributed by atoms with E-state index in [2.05, 4.69) is 10.9 Å². The summed E-state index contributed by atoms with van der Waals surface area (Å²) in [5.41, 5.74) is 5.31. The summed E-state index contributed by atoms with van der Waals surface area (Å²) in [5, 5.41) is 0.520. The molecular formula is C25H31ClN2O7. The molecule has 2 N–H and O–H groups in total. The second kappa shape index (κ2) is 9.28. The minimum absolute atomic E-state index is 0.366. The van der Waals surface area contributed by atoms with Gasteiger partial charge in [0.25, 0.3) is 11.8 Å². The van der Waals surface area contributed by atoms with Gasteiger partial charge in [-0.25, -0.2) is 0 Å². The first kappa shape index (κ1) is 23.6. The summed E-state index contributed by atoms with van der Waals surface area (Å²) in [6, 6.07) is 6.38. The summed E-state index contributed by atoms with van der Waals surface area (Å²) in [5.74, 6) is -2.42. The van der Waals surface area contributed by atoms with E-state index in [1.807, 2.05) is 0 Å². The van der Waals surface area contributed by atoms with Crippen molar-refractivity contribution in [3.8, 4) is 0 Å². The predicted octanol–water partition coefficient (Wildman–Crippen LogP) is 3.35. The molecule has 35 heavy (non-hydrogen) atoms. The van der Waals surface area contributed by atoms with E-state index in [0.717, 1.165) is 64.2 Å². The average Bonchev–Trinajstić information content (AvgIpc) is 3.41. The van der Waals surface area contributed by atoms with Crippen LogP contribution < -0.4 is 10.9 Å². The predicted molar refractivity (Wildman–Crippen MR) is 123 cm³/mol. The number of ether oxygens (including phenoxy) is 5. The van der Waals surface area contributed by atoms with Gasteiger partial charge >= 0.3 is 0 Å². The summed E-state index contributed by atoms with van der Waals surface area (Å²) in [4.78, 5) is 25.7. The summed E-state index contributed by atoms with van der Waals surface area (Å²) in [6.45, 7) is 0. The van der Waals surface area contributed by atoms with Crippen LogP contribution in [0, 0.1) is 0 Å². The Labute approximate surface area is 209 Å². The molecule has 3 aliphatic heterocycles. The van der Waals surface area contributed by atoms with Crippen LogP contribution in [-0.2, 0) is 28.5 Å². The van der Waals surface area contributed by atoms with Crippen LogP contribution >= 0.6 is 11.6 Å². The van der Waals surface area contributed by atoms with Gasteiger partial charge < -0.3 is 23.7 Å². The summed E-state index contributed by atoms with van der Waals surface area (Å²) in [6.07, 6.45) is 6.09.